The van der Waals surface area contributed by atoms with Crippen molar-refractivity contribution in [2.45, 2.75) is 13.3 Å². The van der Waals surface area contributed by atoms with E-state index < -0.39 is 10.8 Å². The number of amides is 1. The summed E-state index contributed by atoms with van der Waals surface area (Å²) in [4.78, 5) is 26.4. The molecule has 8 heteroatoms. The lowest BCUT2D eigenvalue weighted by molar-refractivity contribution is -0.384. The van der Waals surface area contributed by atoms with Gasteiger partial charge in [-0.05, 0) is 13.0 Å². The van der Waals surface area contributed by atoms with Gasteiger partial charge >= 0.3 is 0 Å². The van der Waals surface area contributed by atoms with Gasteiger partial charge in [-0.15, -0.1) is 11.3 Å². The van der Waals surface area contributed by atoms with Gasteiger partial charge in [0.15, 0.2) is 0 Å². The first kappa shape index (κ1) is 15.4. The molecule has 0 aliphatic heterocycles. The number of hydrogen-bond donors (Lipinski definition) is 1. The number of hydrogen-bond acceptors (Lipinski definition) is 5. The van der Waals surface area contributed by atoms with Crippen LogP contribution in [0.4, 0.5) is 5.69 Å². The maximum Gasteiger partial charge on any atom is 0.270 e. The van der Waals surface area contributed by atoms with E-state index in [0.29, 0.717) is 13.0 Å². The van der Waals surface area contributed by atoms with Gasteiger partial charge in [0.25, 0.3) is 11.6 Å². The summed E-state index contributed by atoms with van der Waals surface area (Å²) in [6.45, 7) is 2.30. The van der Waals surface area contributed by atoms with Gasteiger partial charge in [-0.2, -0.15) is 0 Å². The van der Waals surface area contributed by atoms with Crippen LogP contribution in [0.25, 0.3) is 0 Å². The fourth-order valence-corrected chi connectivity index (χ4v) is 2.68. The van der Waals surface area contributed by atoms with Crippen molar-refractivity contribution in [1.82, 2.24) is 10.3 Å². The Kier molecular flexibility index (Phi) is 4.87. The number of aromatic nitrogens is 1. The van der Waals surface area contributed by atoms with Crippen molar-refractivity contribution in [3.63, 3.8) is 0 Å². The van der Waals surface area contributed by atoms with Gasteiger partial charge in [0.1, 0.15) is 0 Å². The average Bonchev–Trinajstić information content (AvgIpc) is 2.84. The maximum absolute atomic E-state index is 12.0. The van der Waals surface area contributed by atoms with Crippen LogP contribution >= 0.6 is 22.9 Å². The Bertz CT molecular complexity index is 687. The van der Waals surface area contributed by atoms with Crippen LogP contribution in [0, 0.1) is 17.0 Å². The number of non-ortho nitro benzene ring substituents is 1. The number of carbonyl (C=O) groups is 1. The van der Waals surface area contributed by atoms with E-state index in [1.54, 1.807) is 0 Å². The first-order valence-electron chi connectivity index (χ1n) is 6.10. The largest absolute Gasteiger partial charge is 0.352 e. The van der Waals surface area contributed by atoms with Crippen LogP contribution in [-0.2, 0) is 6.42 Å². The quantitative estimate of drug-likeness (QED) is 0.676. The summed E-state index contributed by atoms with van der Waals surface area (Å²) in [7, 11) is 0. The molecule has 1 amide bonds. The first-order chi connectivity index (χ1) is 9.97. The molecular formula is C13H12ClN3O3S. The minimum absolute atomic E-state index is 0.0983. The van der Waals surface area contributed by atoms with E-state index in [0.717, 1.165) is 10.7 Å². The number of benzene rings is 1. The van der Waals surface area contributed by atoms with E-state index in [4.69, 9.17) is 11.6 Å². The fraction of sp³-hybridized carbons (Fsp3) is 0.231. The summed E-state index contributed by atoms with van der Waals surface area (Å²) in [6, 6.07) is 3.78. The first-order valence-corrected chi connectivity index (χ1v) is 7.36. The molecule has 1 heterocycles. The Morgan fingerprint density at radius 2 is 2.29 bits per heavy atom. The van der Waals surface area contributed by atoms with Crippen LogP contribution in [0.15, 0.2) is 23.6 Å². The summed E-state index contributed by atoms with van der Waals surface area (Å²) >= 11 is 7.43. The number of halogens is 1. The molecule has 1 N–H and O–H groups in total. The molecule has 0 aliphatic rings. The standard InChI is InChI=1S/C13H12ClN3O3S/c1-8-7-21-12(16-8)4-5-15-13(18)10-6-9(17(19)20)2-3-11(10)14/h2-3,6-7H,4-5H2,1H3,(H,15,18). The molecule has 2 rings (SSSR count). The minimum atomic E-state index is -0.564. The van der Waals surface area contributed by atoms with Crippen LogP contribution in [0.2, 0.25) is 5.02 Å². The molecule has 0 atom stereocenters. The number of rotatable bonds is 5. The van der Waals surface area contributed by atoms with Gasteiger partial charge in [0.05, 0.1) is 20.5 Å². The van der Waals surface area contributed by atoms with E-state index in [1.165, 1.54) is 29.5 Å². The zero-order chi connectivity index (χ0) is 15.4. The van der Waals surface area contributed by atoms with Gasteiger partial charge in [0, 0.05) is 36.2 Å². The summed E-state index contributed by atoms with van der Waals surface area (Å²) in [5.41, 5.74) is 0.879. The van der Waals surface area contributed by atoms with Crippen molar-refractivity contribution >= 4 is 34.5 Å². The van der Waals surface area contributed by atoms with Crippen molar-refractivity contribution in [1.29, 1.82) is 0 Å². The highest BCUT2D eigenvalue weighted by atomic mass is 35.5. The number of nitrogens with one attached hydrogen (secondary N) is 1. The molecule has 0 radical (unpaired) electrons. The molecule has 0 fully saturated rings. The summed E-state index contributed by atoms with van der Waals surface area (Å²) in [5, 5.41) is 16.4. The maximum atomic E-state index is 12.0. The molecule has 21 heavy (non-hydrogen) atoms. The van der Waals surface area contributed by atoms with Gasteiger partial charge in [-0.1, -0.05) is 11.6 Å². The normalized spacial score (nSPS) is 10.4. The number of thiazole rings is 1. The molecule has 0 aliphatic carbocycles. The molecular weight excluding hydrogens is 314 g/mol. The lowest BCUT2D eigenvalue weighted by Gasteiger charge is -2.05. The van der Waals surface area contributed by atoms with Crippen LogP contribution in [-0.4, -0.2) is 22.4 Å². The van der Waals surface area contributed by atoms with Gasteiger partial charge in [-0.25, -0.2) is 4.98 Å². The number of carbonyl (C=O) groups excluding carboxylic acids is 1. The van der Waals surface area contributed by atoms with Crippen molar-refractivity contribution < 1.29 is 9.72 Å². The SMILES string of the molecule is Cc1csc(CCNC(=O)c2cc([N+](=O)[O-])ccc2Cl)n1. The zero-order valence-electron chi connectivity index (χ0n) is 11.1. The zero-order valence-corrected chi connectivity index (χ0v) is 12.7. The molecule has 0 unspecified atom stereocenters. The molecule has 0 saturated heterocycles. The Labute approximate surface area is 129 Å². The van der Waals surface area contributed by atoms with Gasteiger partial charge in [0.2, 0.25) is 0 Å². The minimum Gasteiger partial charge on any atom is -0.352 e. The van der Waals surface area contributed by atoms with Crippen LogP contribution in [0.3, 0.4) is 0 Å². The van der Waals surface area contributed by atoms with E-state index in [2.05, 4.69) is 10.3 Å². The molecule has 1 aromatic carbocycles. The lowest BCUT2D eigenvalue weighted by atomic mass is 10.2. The van der Waals surface area contributed by atoms with Crippen molar-refractivity contribution in [3.8, 4) is 0 Å². The monoisotopic (exact) mass is 325 g/mol. The van der Waals surface area contributed by atoms with Crippen LogP contribution in [0.1, 0.15) is 21.1 Å². The Morgan fingerprint density at radius 3 is 2.90 bits per heavy atom. The molecule has 0 saturated carbocycles. The van der Waals surface area contributed by atoms with E-state index in [1.807, 2.05) is 12.3 Å². The third-order valence-corrected chi connectivity index (χ3v) is 4.05. The fourth-order valence-electron chi connectivity index (χ4n) is 1.70. The lowest BCUT2D eigenvalue weighted by Crippen LogP contribution is -2.26. The Morgan fingerprint density at radius 1 is 1.52 bits per heavy atom. The van der Waals surface area contributed by atoms with E-state index in [9.17, 15) is 14.9 Å². The summed E-state index contributed by atoms with van der Waals surface area (Å²) in [6.07, 6.45) is 0.608. The number of aryl methyl sites for hydroxylation is 1. The van der Waals surface area contributed by atoms with Crippen molar-refractivity contribution in [2.24, 2.45) is 0 Å². The van der Waals surface area contributed by atoms with Crippen LogP contribution < -0.4 is 5.32 Å². The van der Waals surface area contributed by atoms with Crippen LogP contribution in [0.5, 0.6) is 0 Å². The molecule has 2 aromatic rings. The average molecular weight is 326 g/mol. The second-order valence-electron chi connectivity index (χ2n) is 4.31. The highest BCUT2D eigenvalue weighted by Crippen LogP contribution is 2.21. The molecule has 6 nitrogen and oxygen atoms in total. The van der Waals surface area contributed by atoms with E-state index in [-0.39, 0.29) is 16.3 Å². The van der Waals surface area contributed by atoms with Crippen molar-refractivity contribution in [2.75, 3.05) is 6.54 Å². The number of nitrogens with zero attached hydrogens (tertiary/aromatic N) is 2. The molecule has 110 valence electrons. The molecule has 1 aromatic heterocycles. The second-order valence-corrected chi connectivity index (χ2v) is 5.66. The van der Waals surface area contributed by atoms with Crippen molar-refractivity contribution in [3.05, 3.63) is 55.0 Å². The molecule has 0 spiro atoms. The van der Waals surface area contributed by atoms with Gasteiger partial charge in [-0.3, -0.25) is 14.9 Å². The Hall–Kier alpha value is -1.99. The highest BCUT2D eigenvalue weighted by Gasteiger charge is 2.15. The smallest absolute Gasteiger partial charge is 0.270 e. The second kappa shape index (κ2) is 6.64. The third-order valence-electron chi connectivity index (χ3n) is 2.70. The number of nitro benzene ring substituents is 1. The summed E-state index contributed by atoms with van der Waals surface area (Å²) in [5.74, 6) is -0.433. The number of nitro groups is 1. The summed E-state index contributed by atoms with van der Waals surface area (Å²) < 4.78 is 0. The molecule has 0 bridgehead atoms. The predicted molar refractivity (Wildman–Crippen MR) is 81.0 cm³/mol. The Balaban J connectivity index is 1.99. The topological polar surface area (TPSA) is 85.1 Å². The third kappa shape index (κ3) is 3.99. The predicted octanol–water partition coefficient (Wildman–Crippen LogP) is 2.99. The van der Waals surface area contributed by atoms with Gasteiger partial charge < -0.3 is 5.32 Å². The highest BCUT2D eigenvalue weighted by molar-refractivity contribution is 7.09. The van der Waals surface area contributed by atoms with E-state index >= 15 is 0 Å².